The van der Waals surface area contributed by atoms with E-state index in [1.165, 1.54) is 12.3 Å². The maximum absolute atomic E-state index is 12.6. The van der Waals surface area contributed by atoms with E-state index in [0.717, 1.165) is 0 Å². The number of anilines is 3. The van der Waals surface area contributed by atoms with Gasteiger partial charge in [0.1, 0.15) is 0 Å². The van der Waals surface area contributed by atoms with Crippen molar-refractivity contribution < 1.29 is 9.52 Å². The number of nitrogens with one attached hydrogen (secondary N) is 3. The Morgan fingerprint density at radius 1 is 1.10 bits per heavy atom. The molecule has 2 aromatic heterocycles. The molecule has 0 spiro atoms. The number of pyridine rings is 1. The largest absolute Gasteiger partial charge is 0.711 e. The summed E-state index contributed by atoms with van der Waals surface area (Å²) in [6, 6.07) is 11.5. The van der Waals surface area contributed by atoms with Gasteiger partial charge in [-0.1, -0.05) is 40.9 Å². The van der Waals surface area contributed by atoms with E-state index < -0.39 is 5.91 Å². The average Bonchev–Trinajstić information content (AvgIpc) is 3.10. The van der Waals surface area contributed by atoms with E-state index >= 15 is 0 Å². The summed E-state index contributed by atoms with van der Waals surface area (Å²) in [5, 5.41) is 18.9. The van der Waals surface area contributed by atoms with Crippen molar-refractivity contribution in [2.24, 2.45) is 0 Å². The lowest BCUT2D eigenvalue weighted by atomic mass is 10.2. The number of halogens is 3. The van der Waals surface area contributed by atoms with Gasteiger partial charge in [-0.05, 0) is 37.3 Å². The van der Waals surface area contributed by atoms with Crippen LogP contribution in [0, 0.1) is 12.1 Å². The lowest BCUT2D eigenvalue weighted by molar-refractivity contribution is -0.590. The van der Waals surface area contributed by atoms with Gasteiger partial charge in [0.2, 0.25) is 5.95 Å². The number of fused-ring (bicyclic) bond motifs is 1. The lowest BCUT2D eigenvalue weighted by Crippen LogP contribution is -2.32. The third kappa shape index (κ3) is 4.00. The van der Waals surface area contributed by atoms with Gasteiger partial charge < -0.3 is 15.5 Å². The molecular weight excluding hydrogens is 449 g/mol. The summed E-state index contributed by atoms with van der Waals surface area (Å²) < 4.78 is 0.559. The first kappa shape index (κ1) is 20.3. The molecular formula is C20H14Cl3N5O2. The van der Waals surface area contributed by atoms with E-state index in [2.05, 4.69) is 20.6 Å². The Bertz CT molecular complexity index is 1270. The molecule has 0 bridgehead atoms. The molecule has 4 aromatic rings. The van der Waals surface area contributed by atoms with Crippen molar-refractivity contribution in [2.45, 2.75) is 6.92 Å². The SMILES string of the molecule is Cc1c[n+]([O-])c(NC(=O)c2ccc3nc(Nc4c(Cl)cccc4Cl)[nH]c3c2)cc1Cl. The minimum atomic E-state index is -0.459. The Hall–Kier alpha value is -3.00. The molecule has 2 heterocycles. The Morgan fingerprint density at radius 2 is 1.83 bits per heavy atom. The summed E-state index contributed by atoms with van der Waals surface area (Å²) in [7, 11) is 0. The van der Waals surface area contributed by atoms with Crippen LogP contribution >= 0.6 is 34.8 Å². The summed E-state index contributed by atoms with van der Waals surface area (Å²) in [6.45, 7) is 1.70. The molecule has 0 aliphatic carbocycles. The Labute approximate surface area is 186 Å². The molecule has 2 aromatic carbocycles. The summed E-state index contributed by atoms with van der Waals surface area (Å²) in [6.07, 6.45) is 1.30. The molecule has 3 N–H and O–H groups in total. The van der Waals surface area contributed by atoms with Crippen LogP contribution in [-0.4, -0.2) is 15.9 Å². The van der Waals surface area contributed by atoms with Crippen molar-refractivity contribution in [1.29, 1.82) is 0 Å². The van der Waals surface area contributed by atoms with Crippen molar-refractivity contribution in [1.82, 2.24) is 9.97 Å². The van der Waals surface area contributed by atoms with E-state index in [-0.39, 0.29) is 5.82 Å². The molecule has 0 radical (unpaired) electrons. The van der Waals surface area contributed by atoms with E-state index in [1.54, 1.807) is 43.3 Å². The van der Waals surface area contributed by atoms with Gasteiger partial charge >= 0.3 is 5.91 Å². The number of hydrogen-bond acceptors (Lipinski definition) is 4. The first-order valence-electron chi connectivity index (χ1n) is 8.73. The summed E-state index contributed by atoms with van der Waals surface area (Å²) in [5.41, 5.74) is 2.72. The van der Waals surface area contributed by atoms with Crippen LogP contribution in [0.15, 0.2) is 48.7 Å². The van der Waals surface area contributed by atoms with Crippen LogP contribution in [0.25, 0.3) is 11.0 Å². The highest BCUT2D eigenvalue weighted by Crippen LogP contribution is 2.32. The molecule has 1 amide bonds. The Balaban J connectivity index is 1.59. The monoisotopic (exact) mass is 461 g/mol. The zero-order valence-corrected chi connectivity index (χ0v) is 17.7. The van der Waals surface area contributed by atoms with Gasteiger partial charge in [-0.15, -0.1) is 0 Å². The topological polar surface area (TPSA) is 96.8 Å². The van der Waals surface area contributed by atoms with Gasteiger partial charge in [-0.25, -0.2) is 19.8 Å². The fourth-order valence-corrected chi connectivity index (χ4v) is 3.47. The number of amides is 1. The van der Waals surface area contributed by atoms with Crippen LogP contribution in [0.5, 0.6) is 0 Å². The van der Waals surface area contributed by atoms with E-state index in [0.29, 0.717) is 53.6 Å². The molecule has 0 aliphatic rings. The van der Waals surface area contributed by atoms with Crippen LogP contribution < -0.4 is 15.4 Å². The van der Waals surface area contributed by atoms with Crippen LogP contribution in [0.2, 0.25) is 15.1 Å². The minimum absolute atomic E-state index is 0.0380. The van der Waals surface area contributed by atoms with Gasteiger partial charge in [-0.2, -0.15) is 0 Å². The highest BCUT2D eigenvalue weighted by atomic mass is 35.5. The number of aromatic nitrogens is 3. The molecule has 7 nitrogen and oxygen atoms in total. The quantitative estimate of drug-likeness (QED) is 0.277. The van der Waals surface area contributed by atoms with Crippen LogP contribution in [0.4, 0.5) is 17.5 Å². The number of H-pyrrole nitrogens is 1. The number of hydrogen-bond donors (Lipinski definition) is 3. The highest BCUT2D eigenvalue weighted by Gasteiger charge is 2.17. The fraction of sp³-hybridized carbons (Fsp3) is 0.0500. The number of imidazole rings is 1. The molecule has 30 heavy (non-hydrogen) atoms. The number of benzene rings is 2. The normalized spacial score (nSPS) is 10.9. The highest BCUT2D eigenvalue weighted by molar-refractivity contribution is 6.39. The van der Waals surface area contributed by atoms with Crippen LogP contribution in [-0.2, 0) is 0 Å². The Kier molecular flexibility index (Phi) is 5.42. The minimum Gasteiger partial charge on any atom is -0.711 e. The van der Waals surface area contributed by atoms with Crippen LogP contribution in [0.1, 0.15) is 15.9 Å². The molecule has 0 atom stereocenters. The second-order valence-corrected chi connectivity index (χ2v) is 7.73. The zero-order valence-electron chi connectivity index (χ0n) is 15.5. The van der Waals surface area contributed by atoms with E-state index in [9.17, 15) is 10.0 Å². The summed E-state index contributed by atoms with van der Waals surface area (Å²) >= 11 is 18.4. The number of carbonyl (C=O) groups is 1. The average molecular weight is 463 g/mol. The van der Waals surface area contributed by atoms with Crippen molar-refractivity contribution in [3.05, 3.63) is 80.1 Å². The second kappa shape index (κ2) is 8.02. The second-order valence-electron chi connectivity index (χ2n) is 6.51. The molecule has 0 saturated carbocycles. The van der Waals surface area contributed by atoms with Crippen molar-refractivity contribution in [3.63, 3.8) is 0 Å². The molecule has 0 unspecified atom stereocenters. The van der Waals surface area contributed by atoms with E-state index in [1.807, 2.05) is 0 Å². The molecule has 0 fully saturated rings. The van der Waals surface area contributed by atoms with Gasteiger partial charge in [0.25, 0.3) is 5.82 Å². The summed E-state index contributed by atoms with van der Waals surface area (Å²) in [4.78, 5) is 20.1. The predicted molar refractivity (Wildman–Crippen MR) is 119 cm³/mol. The third-order valence-corrected chi connectivity index (χ3v) is 5.42. The standard InChI is InChI=1S/C20H14Cl3N5O2/c1-10-9-28(30)17(8-14(10)23)26-19(29)11-5-6-15-16(7-11)25-20(24-15)27-18-12(21)3-2-4-13(18)22/h2-9H,1H3,(H,26,29)(H2,24,25,27). The molecule has 4 rings (SSSR count). The smallest absolute Gasteiger partial charge is 0.339 e. The summed E-state index contributed by atoms with van der Waals surface area (Å²) in [5.74, 6) is -0.00373. The van der Waals surface area contributed by atoms with Crippen molar-refractivity contribution in [2.75, 3.05) is 10.6 Å². The van der Waals surface area contributed by atoms with Crippen molar-refractivity contribution >= 4 is 69.2 Å². The Morgan fingerprint density at radius 3 is 2.57 bits per heavy atom. The lowest BCUT2D eigenvalue weighted by Gasteiger charge is -2.09. The molecule has 0 saturated heterocycles. The van der Waals surface area contributed by atoms with Gasteiger partial charge in [0, 0.05) is 11.6 Å². The first-order chi connectivity index (χ1) is 14.3. The van der Waals surface area contributed by atoms with Gasteiger partial charge in [-0.3, -0.25) is 0 Å². The maximum Gasteiger partial charge on any atom is 0.339 e. The zero-order chi connectivity index (χ0) is 21.4. The number of carbonyl (C=O) groups excluding carboxylic acids is 1. The van der Waals surface area contributed by atoms with Gasteiger partial charge in [0.15, 0.2) is 0 Å². The van der Waals surface area contributed by atoms with Crippen molar-refractivity contribution in [3.8, 4) is 0 Å². The fourth-order valence-electron chi connectivity index (χ4n) is 2.83. The number of nitrogens with zero attached hydrogens (tertiary/aromatic N) is 2. The molecule has 152 valence electrons. The predicted octanol–water partition coefficient (Wildman–Crippen LogP) is 5.46. The number of rotatable bonds is 4. The number of aryl methyl sites for hydroxylation is 1. The number of para-hydroxylation sites is 1. The third-order valence-electron chi connectivity index (χ3n) is 4.38. The molecule has 0 aliphatic heterocycles. The van der Waals surface area contributed by atoms with Crippen LogP contribution in [0.3, 0.4) is 0 Å². The molecule has 10 heteroatoms. The number of aromatic amines is 1. The first-order valence-corrected chi connectivity index (χ1v) is 9.86. The van der Waals surface area contributed by atoms with E-state index in [4.69, 9.17) is 34.8 Å². The maximum atomic E-state index is 12.6. The van der Waals surface area contributed by atoms with Gasteiger partial charge in [0.05, 0.1) is 43.5 Å².